The maximum Gasteiger partial charge on any atom is 0.318 e. The van der Waals surface area contributed by atoms with Crippen molar-refractivity contribution < 1.29 is 9.90 Å². The SMILES string of the molecule is O=C(O)C1(c2cccc3ccccc23)C=CCCC1. The number of carbonyl (C=O) groups is 1. The van der Waals surface area contributed by atoms with Gasteiger partial charge in [-0.25, -0.2) is 0 Å². The molecule has 2 heteroatoms. The molecule has 19 heavy (non-hydrogen) atoms. The lowest BCUT2D eigenvalue weighted by Gasteiger charge is -2.30. The molecule has 0 fully saturated rings. The molecule has 2 aromatic rings. The minimum absolute atomic E-state index is 0.673. The summed E-state index contributed by atoms with van der Waals surface area (Å²) in [7, 11) is 0. The van der Waals surface area contributed by atoms with Gasteiger partial charge in [-0.05, 0) is 35.6 Å². The highest BCUT2D eigenvalue weighted by molar-refractivity contribution is 5.94. The summed E-state index contributed by atoms with van der Waals surface area (Å²) in [5.41, 5.74) is 0.0492. The Hall–Kier alpha value is -2.09. The van der Waals surface area contributed by atoms with Crippen LogP contribution in [0.4, 0.5) is 0 Å². The van der Waals surface area contributed by atoms with Gasteiger partial charge in [-0.2, -0.15) is 0 Å². The van der Waals surface area contributed by atoms with Crippen molar-refractivity contribution in [2.24, 2.45) is 0 Å². The van der Waals surface area contributed by atoms with E-state index in [4.69, 9.17) is 0 Å². The molecule has 2 nitrogen and oxygen atoms in total. The topological polar surface area (TPSA) is 37.3 Å². The third-order valence-corrected chi connectivity index (χ3v) is 4.00. The molecule has 0 saturated heterocycles. The van der Waals surface area contributed by atoms with Crippen LogP contribution < -0.4 is 0 Å². The highest BCUT2D eigenvalue weighted by Crippen LogP contribution is 2.39. The highest BCUT2D eigenvalue weighted by Gasteiger charge is 2.39. The van der Waals surface area contributed by atoms with Crippen molar-refractivity contribution in [2.75, 3.05) is 0 Å². The first-order valence-corrected chi connectivity index (χ1v) is 6.63. The van der Waals surface area contributed by atoms with Gasteiger partial charge in [0.25, 0.3) is 0 Å². The van der Waals surface area contributed by atoms with Gasteiger partial charge in [-0.1, -0.05) is 54.6 Å². The van der Waals surface area contributed by atoms with Crippen LogP contribution in [0.5, 0.6) is 0 Å². The highest BCUT2D eigenvalue weighted by atomic mass is 16.4. The van der Waals surface area contributed by atoms with Gasteiger partial charge in [0.15, 0.2) is 0 Å². The van der Waals surface area contributed by atoms with Crippen LogP contribution >= 0.6 is 0 Å². The smallest absolute Gasteiger partial charge is 0.318 e. The molecule has 96 valence electrons. The maximum atomic E-state index is 11.9. The number of rotatable bonds is 2. The molecule has 1 N–H and O–H groups in total. The van der Waals surface area contributed by atoms with Crippen molar-refractivity contribution in [3.63, 3.8) is 0 Å². The Labute approximate surface area is 112 Å². The number of fused-ring (bicyclic) bond motifs is 1. The van der Waals surface area contributed by atoms with Gasteiger partial charge >= 0.3 is 5.97 Å². The van der Waals surface area contributed by atoms with Gasteiger partial charge in [-0.3, -0.25) is 4.79 Å². The number of hydrogen-bond donors (Lipinski definition) is 1. The first kappa shape index (κ1) is 12.0. The molecule has 0 aliphatic heterocycles. The van der Waals surface area contributed by atoms with Crippen molar-refractivity contribution in [2.45, 2.75) is 24.7 Å². The van der Waals surface area contributed by atoms with Crippen LogP contribution in [-0.2, 0) is 10.2 Å². The largest absolute Gasteiger partial charge is 0.480 e. The standard InChI is InChI=1S/C17H16O2/c18-16(19)17(11-4-1-5-12-17)15-10-6-8-13-7-2-3-9-14(13)15/h2-4,6-11H,1,5,12H2,(H,18,19). The first-order valence-electron chi connectivity index (χ1n) is 6.63. The predicted octanol–water partition coefficient (Wildman–Crippen LogP) is 3.90. The van der Waals surface area contributed by atoms with Gasteiger partial charge in [0.1, 0.15) is 5.41 Å². The van der Waals surface area contributed by atoms with Gasteiger partial charge in [-0.15, -0.1) is 0 Å². The fourth-order valence-electron chi connectivity index (χ4n) is 3.00. The molecule has 3 rings (SSSR count). The van der Waals surface area contributed by atoms with Crippen LogP contribution in [0.15, 0.2) is 54.6 Å². The third kappa shape index (κ3) is 1.84. The summed E-state index contributed by atoms with van der Waals surface area (Å²) in [6.07, 6.45) is 6.44. The number of aliphatic carboxylic acids is 1. The number of benzene rings is 2. The van der Waals surface area contributed by atoms with Gasteiger partial charge in [0, 0.05) is 0 Å². The second-order valence-electron chi connectivity index (χ2n) is 5.10. The lowest BCUT2D eigenvalue weighted by molar-refractivity contribution is -0.142. The van der Waals surface area contributed by atoms with Crippen LogP contribution in [-0.4, -0.2) is 11.1 Å². The molecule has 0 saturated carbocycles. The zero-order chi connectivity index (χ0) is 13.3. The van der Waals surface area contributed by atoms with Crippen molar-refractivity contribution in [3.8, 4) is 0 Å². The van der Waals surface area contributed by atoms with E-state index >= 15 is 0 Å². The molecule has 2 aromatic carbocycles. The summed E-state index contributed by atoms with van der Waals surface area (Å²) >= 11 is 0. The average molecular weight is 252 g/mol. The van der Waals surface area contributed by atoms with Crippen LogP contribution in [0, 0.1) is 0 Å². The zero-order valence-corrected chi connectivity index (χ0v) is 10.7. The summed E-state index contributed by atoms with van der Waals surface area (Å²) < 4.78 is 0. The number of carboxylic acid groups (broad SMARTS) is 1. The lowest BCUT2D eigenvalue weighted by Crippen LogP contribution is -2.35. The van der Waals surface area contributed by atoms with Crippen molar-refractivity contribution in [3.05, 3.63) is 60.2 Å². The van der Waals surface area contributed by atoms with E-state index in [1.54, 1.807) is 0 Å². The molecule has 0 heterocycles. The van der Waals surface area contributed by atoms with Crippen molar-refractivity contribution in [1.82, 2.24) is 0 Å². The number of carboxylic acids is 1. The molecule has 1 atom stereocenters. The molecule has 0 spiro atoms. The predicted molar refractivity (Wildman–Crippen MR) is 76.3 cm³/mol. The fraction of sp³-hybridized carbons (Fsp3) is 0.235. The molecule has 1 aliphatic rings. The Morgan fingerprint density at radius 1 is 1.11 bits per heavy atom. The van der Waals surface area contributed by atoms with Crippen LogP contribution in [0.1, 0.15) is 24.8 Å². The first-order chi connectivity index (χ1) is 9.24. The molecular weight excluding hydrogens is 236 g/mol. The van der Waals surface area contributed by atoms with Crippen LogP contribution in [0.25, 0.3) is 10.8 Å². The van der Waals surface area contributed by atoms with E-state index in [1.807, 2.05) is 54.6 Å². The van der Waals surface area contributed by atoms with Gasteiger partial charge in [0.05, 0.1) is 0 Å². The zero-order valence-electron chi connectivity index (χ0n) is 10.7. The molecule has 1 unspecified atom stereocenters. The molecular formula is C17H16O2. The molecule has 0 radical (unpaired) electrons. The molecule has 0 aromatic heterocycles. The average Bonchev–Trinajstić information content (AvgIpc) is 2.47. The van der Waals surface area contributed by atoms with Crippen LogP contribution in [0.3, 0.4) is 0 Å². The Morgan fingerprint density at radius 2 is 1.89 bits per heavy atom. The van der Waals surface area contributed by atoms with E-state index in [9.17, 15) is 9.90 Å². The molecule has 0 amide bonds. The lowest BCUT2D eigenvalue weighted by atomic mass is 9.72. The monoisotopic (exact) mass is 252 g/mol. The van der Waals surface area contributed by atoms with Crippen LogP contribution in [0.2, 0.25) is 0 Å². The fourth-order valence-corrected chi connectivity index (χ4v) is 3.00. The van der Waals surface area contributed by atoms with E-state index < -0.39 is 11.4 Å². The molecule has 1 aliphatic carbocycles. The van der Waals surface area contributed by atoms with Crippen molar-refractivity contribution in [1.29, 1.82) is 0 Å². The Morgan fingerprint density at radius 3 is 2.63 bits per heavy atom. The minimum Gasteiger partial charge on any atom is -0.480 e. The summed E-state index contributed by atoms with van der Waals surface area (Å²) in [4.78, 5) is 11.9. The van der Waals surface area contributed by atoms with E-state index in [2.05, 4.69) is 0 Å². The minimum atomic E-state index is -0.862. The number of allylic oxidation sites excluding steroid dienone is 1. The summed E-state index contributed by atoms with van der Waals surface area (Å²) in [6.45, 7) is 0. The molecule has 0 bridgehead atoms. The Kier molecular flexibility index (Phi) is 2.86. The Balaban J connectivity index is 2.30. The second kappa shape index (κ2) is 4.54. The van der Waals surface area contributed by atoms with E-state index in [-0.39, 0.29) is 0 Å². The second-order valence-corrected chi connectivity index (χ2v) is 5.10. The normalized spacial score (nSPS) is 22.5. The number of hydrogen-bond acceptors (Lipinski definition) is 1. The summed E-state index contributed by atoms with van der Waals surface area (Å²) in [5, 5.41) is 11.9. The van der Waals surface area contributed by atoms with E-state index in [0.717, 1.165) is 29.2 Å². The third-order valence-electron chi connectivity index (χ3n) is 4.00. The van der Waals surface area contributed by atoms with E-state index in [1.165, 1.54) is 0 Å². The summed E-state index contributed by atoms with van der Waals surface area (Å²) in [6, 6.07) is 13.9. The van der Waals surface area contributed by atoms with E-state index in [0.29, 0.717) is 6.42 Å². The van der Waals surface area contributed by atoms with Crippen molar-refractivity contribution >= 4 is 16.7 Å². The maximum absolute atomic E-state index is 11.9. The van der Waals surface area contributed by atoms with Gasteiger partial charge in [0.2, 0.25) is 0 Å². The summed E-state index contributed by atoms with van der Waals surface area (Å²) in [5.74, 6) is -0.750. The van der Waals surface area contributed by atoms with Gasteiger partial charge < -0.3 is 5.11 Å². The Bertz CT molecular complexity index is 652. The quantitative estimate of drug-likeness (QED) is 0.823.